The predicted molar refractivity (Wildman–Crippen MR) is 76.1 cm³/mol. The standard InChI is InChI=1S/C15H16N2O3/c1-3-19-14-7-5-4-6-12(14)10-16-17-15(18)13-8-9-20-11(13)2/h4-10H,3H2,1-2H3,(H,17,18)/b16-10+. The summed E-state index contributed by atoms with van der Waals surface area (Å²) >= 11 is 0. The number of hydrogen-bond acceptors (Lipinski definition) is 4. The minimum absolute atomic E-state index is 0.304. The van der Waals surface area contributed by atoms with Crippen LogP contribution in [0.1, 0.15) is 28.6 Å². The maximum Gasteiger partial charge on any atom is 0.274 e. The van der Waals surface area contributed by atoms with Gasteiger partial charge in [-0.3, -0.25) is 4.79 Å². The van der Waals surface area contributed by atoms with Crippen LogP contribution in [0.25, 0.3) is 0 Å². The van der Waals surface area contributed by atoms with Gasteiger partial charge in [-0.2, -0.15) is 5.10 Å². The Labute approximate surface area is 117 Å². The number of benzene rings is 1. The van der Waals surface area contributed by atoms with Gasteiger partial charge in [0.05, 0.1) is 24.6 Å². The van der Waals surface area contributed by atoms with Crippen molar-refractivity contribution in [2.45, 2.75) is 13.8 Å². The lowest BCUT2D eigenvalue weighted by molar-refractivity contribution is 0.0953. The van der Waals surface area contributed by atoms with Crippen LogP contribution in [-0.4, -0.2) is 18.7 Å². The maximum atomic E-state index is 11.8. The molecule has 5 heteroatoms. The molecule has 0 spiro atoms. The highest BCUT2D eigenvalue weighted by Gasteiger charge is 2.09. The summed E-state index contributed by atoms with van der Waals surface area (Å²) in [5, 5.41) is 3.94. The third-order valence-corrected chi connectivity index (χ3v) is 2.69. The third kappa shape index (κ3) is 3.26. The van der Waals surface area contributed by atoms with Gasteiger partial charge in [-0.25, -0.2) is 5.43 Å². The number of carbonyl (C=O) groups is 1. The van der Waals surface area contributed by atoms with Gasteiger partial charge in [0.15, 0.2) is 0 Å². The SMILES string of the molecule is CCOc1ccccc1/C=N/NC(=O)c1ccoc1C. The molecule has 0 aliphatic rings. The second-order valence-electron chi connectivity index (χ2n) is 4.06. The zero-order chi connectivity index (χ0) is 14.4. The van der Waals surface area contributed by atoms with E-state index in [-0.39, 0.29) is 5.91 Å². The zero-order valence-electron chi connectivity index (χ0n) is 11.4. The monoisotopic (exact) mass is 272 g/mol. The predicted octanol–water partition coefficient (Wildman–Crippen LogP) is 2.75. The van der Waals surface area contributed by atoms with Crippen LogP contribution in [-0.2, 0) is 0 Å². The summed E-state index contributed by atoms with van der Waals surface area (Å²) < 4.78 is 10.5. The number of ether oxygens (including phenoxy) is 1. The Morgan fingerprint density at radius 3 is 2.90 bits per heavy atom. The Morgan fingerprint density at radius 2 is 2.20 bits per heavy atom. The summed E-state index contributed by atoms with van der Waals surface area (Å²) in [4.78, 5) is 11.8. The highest BCUT2D eigenvalue weighted by molar-refractivity contribution is 5.95. The number of nitrogens with zero attached hydrogens (tertiary/aromatic N) is 1. The van der Waals surface area contributed by atoms with Crippen molar-refractivity contribution in [1.82, 2.24) is 5.43 Å². The molecule has 0 saturated heterocycles. The molecule has 1 aromatic heterocycles. The van der Waals surface area contributed by atoms with Gasteiger partial charge in [0.25, 0.3) is 5.91 Å². The van der Waals surface area contributed by atoms with Gasteiger partial charge >= 0.3 is 0 Å². The van der Waals surface area contributed by atoms with Gasteiger partial charge in [-0.05, 0) is 32.0 Å². The molecule has 1 amide bonds. The minimum atomic E-state index is -0.304. The van der Waals surface area contributed by atoms with E-state index in [2.05, 4.69) is 10.5 Å². The molecule has 1 N–H and O–H groups in total. The van der Waals surface area contributed by atoms with E-state index in [9.17, 15) is 4.79 Å². The quantitative estimate of drug-likeness (QED) is 0.672. The fourth-order valence-corrected chi connectivity index (χ4v) is 1.72. The molecule has 0 fully saturated rings. The van der Waals surface area contributed by atoms with Gasteiger partial charge < -0.3 is 9.15 Å². The Kier molecular flexibility index (Phi) is 4.55. The number of para-hydroxylation sites is 1. The average Bonchev–Trinajstić information content (AvgIpc) is 2.87. The van der Waals surface area contributed by atoms with E-state index in [0.717, 1.165) is 11.3 Å². The van der Waals surface area contributed by atoms with Gasteiger partial charge in [0.2, 0.25) is 0 Å². The van der Waals surface area contributed by atoms with Crippen LogP contribution in [0.3, 0.4) is 0 Å². The molecule has 5 nitrogen and oxygen atoms in total. The Balaban J connectivity index is 2.04. The lowest BCUT2D eigenvalue weighted by Crippen LogP contribution is -2.17. The van der Waals surface area contributed by atoms with E-state index in [0.29, 0.717) is 17.9 Å². The molecule has 0 radical (unpaired) electrons. The van der Waals surface area contributed by atoms with Gasteiger partial charge in [-0.15, -0.1) is 0 Å². The van der Waals surface area contributed by atoms with E-state index in [4.69, 9.17) is 9.15 Å². The normalized spacial score (nSPS) is 10.7. The smallest absolute Gasteiger partial charge is 0.274 e. The number of rotatable bonds is 5. The highest BCUT2D eigenvalue weighted by atomic mass is 16.5. The van der Waals surface area contributed by atoms with Crippen LogP contribution >= 0.6 is 0 Å². The molecular formula is C15H16N2O3. The molecule has 104 valence electrons. The van der Waals surface area contributed by atoms with Gasteiger partial charge in [-0.1, -0.05) is 12.1 Å². The number of furan rings is 1. The van der Waals surface area contributed by atoms with Gasteiger partial charge in [0.1, 0.15) is 11.5 Å². The molecule has 2 aromatic rings. The van der Waals surface area contributed by atoms with Crippen molar-refractivity contribution in [3.05, 3.63) is 53.5 Å². The van der Waals surface area contributed by atoms with Crippen LogP contribution in [0.5, 0.6) is 5.75 Å². The molecule has 0 unspecified atom stereocenters. The summed E-state index contributed by atoms with van der Waals surface area (Å²) in [6, 6.07) is 9.09. The third-order valence-electron chi connectivity index (χ3n) is 2.69. The van der Waals surface area contributed by atoms with Crippen molar-refractivity contribution in [2.24, 2.45) is 5.10 Å². The van der Waals surface area contributed by atoms with Gasteiger partial charge in [0, 0.05) is 5.56 Å². The van der Waals surface area contributed by atoms with Crippen molar-refractivity contribution in [3.63, 3.8) is 0 Å². The summed E-state index contributed by atoms with van der Waals surface area (Å²) in [7, 11) is 0. The minimum Gasteiger partial charge on any atom is -0.493 e. The molecule has 2 rings (SSSR count). The first-order chi connectivity index (χ1) is 9.72. The fourth-order valence-electron chi connectivity index (χ4n) is 1.72. The van der Waals surface area contributed by atoms with E-state index in [1.165, 1.54) is 6.26 Å². The van der Waals surface area contributed by atoms with E-state index in [1.807, 2.05) is 31.2 Å². The highest BCUT2D eigenvalue weighted by Crippen LogP contribution is 2.15. The number of aryl methyl sites for hydroxylation is 1. The molecular weight excluding hydrogens is 256 g/mol. The van der Waals surface area contributed by atoms with Crippen molar-refractivity contribution < 1.29 is 13.9 Å². The van der Waals surface area contributed by atoms with Crippen LogP contribution in [0.15, 0.2) is 46.1 Å². The summed E-state index contributed by atoms with van der Waals surface area (Å²) in [6.45, 7) is 4.21. The van der Waals surface area contributed by atoms with Crippen LogP contribution in [0, 0.1) is 6.92 Å². The molecule has 1 heterocycles. The molecule has 0 bridgehead atoms. The van der Waals surface area contributed by atoms with Crippen molar-refractivity contribution >= 4 is 12.1 Å². The Hall–Kier alpha value is -2.56. The average molecular weight is 272 g/mol. The number of carbonyl (C=O) groups excluding carboxylic acids is 1. The summed E-state index contributed by atoms with van der Waals surface area (Å²) in [6.07, 6.45) is 3.02. The maximum absolute atomic E-state index is 11.8. The summed E-state index contributed by atoms with van der Waals surface area (Å²) in [5.74, 6) is 0.987. The lowest BCUT2D eigenvalue weighted by Gasteiger charge is -2.05. The fraction of sp³-hybridized carbons (Fsp3) is 0.200. The number of amides is 1. The number of hydrazone groups is 1. The van der Waals surface area contributed by atoms with Crippen molar-refractivity contribution in [1.29, 1.82) is 0 Å². The Morgan fingerprint density at radius 1 is 1.40 bits per heavy atom. The largest absolute Gasteiger partial charge is 0.493 e. The topological polar surface area (TPSA) is 63.8 Å². The van der Waals surface area contributed by atoms with E-state index in [1.54, 1.807) is 19.2 Å². The molecule has 20 heavy (non-hydrogen) atoms. The second-order valence-corrected chi connectivity index (χ2v) is 4.06. The Bertz CT molecular complexity index is 617. The molecule has 0 saturated carbocycles. The number of nitrogens with one attached hydrogen (secondary N) is 1. The van der Waals surface area contributed by atoms with Crippen LogP contribution < -0.4 is 10.2 Å². The molecule has 0 aliphatic carbocycles. The molecule has 1 aromatic carbocycles. The molecule has 0 aliphatic heterocycles. The van der Waals surface area contributed by atoms with Crippen LogP contribution in [0.2, 0.25) is 0 Å². The van der Waals surface area contributed by atoms with Crippen molar-refractivity contribution in [3.8, 4) is 5.75 Å². The second kappa shape index (κ2) is 6.56. The van der Waals surface area contributed by atoms with E-state index >= 15 is 0 Å². The van der Waals surface area contributed by atoms with Crippen LogP contribution in [0.4, 0.5) is 0 Å². The van der Waals surface area contributed by atoms with E-state index < -0.39 is 0 Å². The lowest BCUT2D eigenvalue weighted by atomic mass is 10.2. The molecule has 0 atom stereocenters. The summed E-state index contributed by atoms with van der Waals surface area (Å²) in [5.41, 5.74) is 3.74. The number of hydrogen-bond donors (Lipinski definition) is 1. The zero-order valence-corrected chi connectivity index (χ0v) is 11.4. The van der Waals surface area contributed by atoms with Crippen molar-refractivity contribution in [2.75, 3.05) is 6.61 Å². The first kappa shape index (κ1) is 13.9. The first-order valence-corrected chi connectivity index (χ1v) is 6.31. The first-order valence-electron chi connectivity index (χ1n) is 6.31.